The minimum Gasteiger partial charge on any atom is -0.469 e. The third kappa shape index (κ3) is 5.14. The van der Waals surface area contributed by atoms with Gasteiger partial charge in [0.2, 0.25) is 0 Å². The van der Waals surface area contributed by atoms with Gasteiger partial charge in [0.1, 0.15) is 0 Å². The van der Waals surface area contributed by atoms with Crippen LogP contribution in [-0.4, -0.2) is 19.2 Å². The Labute approximate surface area is 101 Å². The third-order valence-electron chi connectivity index (χ3n) is 2.27. The summed E-state index contributed by atoms with van der Waals surface area (Å²) in [6, 6.07) is 11.6. The first-order valence-electron chi connectivity index (χ1n) is 5.35. The van der Waals surface area contributed by atoms with Crippen molar-refractivity contribution >= 4 is 5.97 Å². The molecule has 0 fully saturated rings. The van der Waals surface area contributed by atoms with Crippen LogP contribution in [0.5, 0.6) is 0 Å². The molecule has 0 amide bonds. The fraction of sp³-hybridized carbons (Fsp3) is 0.385. The maximum atomic E-state index is 11.1. The average Bonchev–Trinajstić information content (AvgIpc) is 2.37. The van der Waals surface area contributed by atoms with E-state index in [-0.39, 0.29) is 18.8 Å². The van der Waals surface area contributed by atoms with Crippen molar-refractivity contribution in [2.75, 3.05) is 7.11 Å². The summed E-state index contributed by atoms with van der Waals surface area (Å²) in [4.78, 5) is 11.1. The normalized spacial score (nSPS) is 11.5. The lowest BCUT2D eigenvalue weighted by Crippen LogP contribution is -2.18. The molecule has 0 N–H and O–H groups in total. The summed E-state index contributed by atoms with van der Waals surface area (Å²) in [6.45, 7) is 0.393. The second-order valence-corrected chi connectivity index (χ2v) is 3.56. The van der Waals surface area contributed by atoms with Gasteiger partial charge in [0.05, 0.1) is 38.7 Å². The number of carbonyl (C=O) groups is 1. The fourth-order valence-electron chi connectivity index (χ4n) is 1.35. The molecule has 0 aliphatic carbocycles. The Morgan fingerprint density at radius 1 is 1.41 bits per heavy atom. The molecule has 1 aromatic carbocycles. The molecule has 0 unspecified atom stereocenters. The Morgan fingerprint density at radius 2 is 2.12 bits per heavy atom. The number of carbonyl (C=O) groups excluding carboxylic acids is 1. The van der Waals surface area contributed by atoms with Gasteiger partial charge in [-0.25, -0.2) is 0 Å². The highest BCUT2D eigenvalue weighted by Gasteiger charge is 2.14. The standard InChI is InChI=1S/C13H15NO3/c1-16-13(15)9-12(7-8-14)17-10-11-5-3-2-4-6-11/h2-6,12H,7,9-10H2,1H3/t12-/m0/s1. The van der Waals surface area contributed by atoms with Crippen LogP contribution in [0.15, 0.2) is 30.3 Å². The maximum Gasteiger partial charge on any atom is 0.308 e. The molecule has 0 aliphatic rings. The molecule has 90 valence electrons. The van der Waals surface area contributed by atoms with Crippen LogP contribution in [0.3, 0.4) is 0 Å². The Balaban J connectivity index is 2.45. The summed E-state index contributed by atoms with van der Waals surface area (Å²) in [5.41, 5.74) is 1.01. The van der Waals surface area contributed by atoms with Crippen LogP contribution < -0.4 is 0 Å². The number of esters is 1. The van der Waals surface area contributed by atoms with Crippen LogP contribution >= 0.6 is 0 Å². The number of nitriles is 1. The molecule has 1 aromatic rings. The molecular weight excluding hydrogens is 218 g/mol. The van der Waals surface area contributed by atoms with E-state index in [1.54, 1.807) is 0 Å². The molecule has 0 bridgehead atoms. The molecule has 0 saturated heterocycles. The van der Waals surface area contributed by atoms with Crippen molar-refractivity contribution in [2.45, 2.75) is 25.6 Å². The summed E-state index contributed by atoms with van der Waals surface area (Å²) >= 11 is 0. The highest BCUT2D eigenvalue weighted by molar-refractivity contribution is 5.69. The van der Waals surface area contributed by atoms with Gasteiger partial charge in [-0.3, -0.25) is 4.79 Å². The van der Waals surface area contributed by atoms with Crippen molar-refractivity contribution in [1.29, 1.82) is 5.26 Å². The van der Waals surface area contributed by atoms with Gasteiger partial charge in [-0.1, -0.05) is 30.3 Å². The second-order valence-electron chi connectivity index (χ2n) is 3.56. The molecule has 0 heterocycles. The van der Waals surface area contributed by atoms with Crippen LogP contribution in [0.25, 0.3) is 0 Å². The van der Waals surface area contributed by atoms with E-state index in [1.165, 1.54) is 7.11 Å². The highest BCUT2D eigenvalue weighted by atomic mass is 16.5. The molecule has 1 rings (SSSR count). The Bertz CT molecular complexity index is 383. The van der Waals surface area contributed by atoms with Crippen LogP contribution in [0, 0.1) is 11.3 Å². The first kappa shape index (κ1) is 13.2. The topological polar surface area (TPSA) is 59.3 Å². The van der Waals surface area contributed by atoms with Crippen molar-refractivity contribution in [3.05, 3.63) is 35.9 Å². The minimum atomic E-state index is -0.410. The SMILES string of the molecule is COC(=O)C[C@H](CC#N)OCc1ccccc1. The van der Waals surface area contributed by atoms with Gasteiger partial charge in [0.15, 0.2) is 0 Å². The largest absolute Gasteiger partial charge is 0.469 e. The molecule has 17 heavy (non-hydrogen) atoms. The molecule has 0 aromatic heterocycles. The van der Waals surface area contributed by atoms with Gasteiger partial charge < -0.3 is 9.47 Å². The number of rotatable bonds is 6. The zero-order valence-corrected chi connectivity index (χ0v) is 9.76. The minimum absolute atomic E-state index is 0.108. The number of methoxy groups -OCH3 is 1. The van der Waals surface area contributed by atoms with Crippen molar-refractivity contribution in [3.8, 4) is 6.07 Å². The Kier molecular flexibility index (Phi) is 5.76. The van der Waals surface area contributed by atoms with E-state index in [0.29, 0.717) is 6.61 Å². The molecular formula is C13H15NO3. The van der Waals surface area contributed by atoms with E-state index in [2.05, 4.69) is 4.74 Å². The van der Waals surface area contributed by atoms with E-state index < -0.39 is 6.10 Å². The van der Waals surface area contributed by atoms with Crippen molar-refractivity contribution in [3.63, 3.8) is 0 Å². The lowest BCUT2D eigenvalue weighted by atomic mass is 10.2. The van der Waals surface area contributed by atoms with Crippen molar-refractivity contribution < 1.29 is 14.3 Å². The van der Waals surface area contributed by atoms with Crippen molar-refractivity contribution in [1.82, 2.24) is 0 Å². The number of hydrogen-bond acceptors (Lipinski definition) is 4. The van der Waals surface area contributed by atoms with Gasteiger partial charge in [-0.2, -0.15) is 5.26 Å². The van der Waals surface area contributed by atoms with Gasteiger partial charge in [0, 0.05) is 0 Å². The molecule has 0 aliphatic heterocycles. The molecule has 4 nitrogen and oxygen atoms in total. The fourth-order valence-corrected chi connectivity index (χ4v) is 1.35. The van der Waals surface area contributed by atoms with E-state index in [0.717, 1.165) is 5.56 Å². The quantitative estimate of drug-likeness (QED) is 0.705. The maximum absolute atomic E-state index is 11.1. The van der Waals surface area contributed by atoms with Crippen LogP contribution in [0.4, 0.5) is 0 Å². The highest BCUT2D eigenvalue weighted by Crippen LogP contribution is 2.09. The molecule has 4 heteroatoms. The smallest absolute Gasteiger partial charge is 0.308 e. The van der Waals surface area contributed by atoms with E-state index in [1.807, 2.05) is 36.4 Å². The van der Waals surface area contributed by atoms with Crippen LogP contribution in [0.2, 0.25) is 0 Å². The summed E-state index contributed by atoms with van der Waals surface area (Å²) in [5, 5.41) is 8.64. The number of benzene rings is 1. The van der Waals surface area contributed by atoms with E-state index in [4.69, 9.17) is 10.00 Å². The molecule has 0 radical (unpaired) electrons. The predicted octanol–water partition coefficient (Wildman–Crippen LogP) is 2.05. The average molecular weight is 233 g/mol. The number of hydrogen-bond donors (Lipinski definition) is 0. The van der Waals surface area contributed by atoms with E-state index >= 15 is 0 Å². The summed E-state index contributed by atoms with van der Waals surface area (Å²) in [6.07, 6.45) is -0.119. The van der Waals surface area contributed by atoms with E-state index in [9.17, 15) is 4.79 Å². The Hall–Kier alpha value is -1.86. The predicted molar refractivity (Wildman–Crippen MR) is 61.9 cm³/mol. The lowest BCUT2D eigenvalue weighted by Gasteiger charge is -2.13. The second kappa shape index (κ2) is 7.42. The first-order valence-corrected chi connectivity index (χ1v) is 5.35. The summed E-state index contributed by atoms with van der Waals surface area (Å²) in [5.74, 6) is -0.363. The van der Waals surface area contributed by atoms with Gasteiger partial charge in [0.25, 0.3) is 0 Å². The molecule has 1 atom stereocenters. The molecule has 0 spiro atoms. The monoisotopic (exact) mass is 233 g/mol. The number of ether oxygens (including phenoxy) is 2. The van der Waals surface area contributed by atoms with Crippen LogP contribution in [-0.2, 0) is 20.9 Å². The van der Waals surface area contributed by atoms with Crippen LogP contribution in [0.1, 0.15) is 18.4 Å². The zero-order chi connectivity index (χ0) is 12.5. The summed E-state index contributed by atoms with van der Waals surface area (Å²) in [7, 11) is 1.32. The Morgan fingerprint density at radius 3 is 2.71 bits per heavy atom. The van der Waals surface area contributed by atoms with Gasteiger partial charge in [-0.05, 0) is 5.56 Å². The van der Waals surface area contributed by atoms with Crippen molar-refractivity contribution in [2.24, 2.45) is 0 Å². The number of nitrogens with zero attached hydrogens (tertiary/aromatic N) is 1. The van der Waals surface area contributed by atoms with Gasteiger partial charge >= 0.3 is 5.97 Å². The lowest BCUT2D eigenvalue weighted by molar-refractivity contribution is -0.144. The zero-order valence-electron chi connectivity index (χ0n) is 9.76. The van der Waals surface area contributed by atoms with Gasteiger partial charge in [-0.15, -0.1) is 0 Å². The third-order valence-corrected chi connectivity index (χ3v) is 2.27. The molecule has 0 saturated carbocycles. The first-order chi connectivity index (χ1) is 8.26. The summed E-state index contributed by atoms with van der Waals surface area (Å²) < 4.78 is 10.1.